The van der Waals surface area contributed by atoms with E-state index >= 15 is 0 Å². The van der Waals surface area contributed by atoms with Gasteiger partial charge < -0.3 is 0 Å². The minimum Gasteiger partial charge on any atom is -0.228 e. The van der Waals surface area contributed by atoms with E-state index in [1.807, 2.05) is 12.3 Å². The van der Waals surface area contributed by atoms with Crippen molar-refractivity contribution >= 4 is 21.4 Å². The van der Waals surface area contributed by atoms with Crippen LogP contribution in [0.25, 0.3) is 0 Å². The van der Waals surface area contributed by atoms with Crippen molar-refractivity contribution in [3.05, 3.63) is 21.9 Å². The van der Waals surface area contributed by atoms with Crippen molar-refractivity contribution in [2.24, 2.45) is 5.14 Å². The molecule has 0 saturated heterocycles. The smallest absolute Gasteiger partial charge is 0.213 e. The van der Waals surface area contributed by atoms with Crippen molar-refractivity contribution in [1.29, 1.82) is 0 Å². The molecule has 0 amide bonds. The lowest BCUT2D eigenvalue weighted by Crippen LogP contribution is -2.14. The SMILES string of the molecule is Cc1cscc1CS(N)(=O)=O. The molecule has 1 aromatic heterocycles. The normalized spacial score (nSPS) is 11.8. The van der Waals surface area contributed by atoms with Crippen LogP contribution < -0.4 is 5.14 Å². The molecule has 0 saturated carbocycles. The Kier molecular flexibility index (Phi) is 2.31. The third-order valence-electron chi connectivity index (χ3n) is 1.32. The van der Waals surface area contributed by atoms with E-state index in [1.54, 1.807) is 5.38 Å². The summed E-state index contributed by atoms with van der Waals surface area (Å²) >= 11 is 1.49. The van der Waals surface area contributed by atoms with E-state index in [4.69, 9.17) is 5.14 Å². The highest BCUT2D eigenvalue weighted by molar-refractivity contribution is 7.88. The quantitative estimate of drug-likeness (QED) is 0.753. The number of rotatable bonds is 2. The van der Waals surface area contributed by atoms with Gasteiger partial charge in [-0.05, 0) is 28.8 Å². The Bertz CT molecular complexity index is 339. The maximum atomic E-state index is 10.6. The van der Waals surface area contributed by atoms with Crippen molar-refractivity contribution in [3.63, 3.8) is 0 Å². The standard InChI is InChI=1S/C6H9NO2S2/c1-5-2-10-3-6(5)4-11(7,8)9/h2-3H,4H2,1H3,(H2,7,8,9). The zero-order valence-electron chi connectivity index (χ0n) is 6.07. The van der Waals surface area contributed by atoms with E-state index in [-0.39, 0.29) is 5.75 Å². The Balaban J connectivity index is 2.89. The molecule has 1 heterocycles. The summed E-state index contributed by atoms with van der Waals surface area (Å²) in [5, 5.41) is 8.58. The van der Waals surface area contributed by atoms with Gasteiger partial charge in [-0.15, -0.1) is 0 Å². The van der Waals surface area contributed by atoms with Crippen LogP contribution in [0, 0.1) is 6.92 Å². The third-order valence-corrected chi connectivity index (χ3v) is 2.94. The molecule has 62 valence electrons. The summed E-state index contributed by atoms with van der Waals surface area (Å²) in [5.41, 5.74) is 1.79. The number of thiophene rings is 1. The summed E-state index contributed by atoms with van der Waals surface area (Å²) in [6.07, 6.45) is 0. The highest BCUT2D eigenvalue weighted by Gasteiger charge is 2.07. The molecule has 0 aromatic carbocycles. The van der Waals surface area contributed by atoms with Crippen LogP contribution in [0.5, 0.6) is 0 Å². The molecule has 0 aliphatic carbocycles. The van der Waals surface area contributed by atoms with Gasteiger partial charge in [-0.1, -0.05) is 0 Å². The molecule has 0 bridgehead atoms. The number of primary sulfonamides is 1. The Labute approximate surface area is 69.9 Å². The Morgan fingerprint density at radius 1 is 1.55 bits per heavy atom. The fourth-order valence-corrected chi connectivity index (χ4v) is 2.46. The van der Waals surface area contributed by atoms with Crippen molar-refractivity contribution in [2.75, 3.05) is 0 Å². The van der Waals surface area contributed by atoms with E-state index in [9.17, 15) is 8.42 Å². The molecular weight excluding hydrogens is 182 g/mol. The first-order valence-corrected chi connectivity index (χ1v) is 5.67. The molecule has 0 spiro atoms. The maximum Gasteiger partial charge on any atom is 0.213 e. The van der Waals surface area contributed by atoms with Gasteiger partial charge in [0.05, 0.1) is 5.75 Å². The lowest BCUT2D eigenvalue weighted by atomic mass is 10.2. The summed E-state index contributed by atoms with van der Waals surface area (Å²) in [6.45, 7) is 1.87. The molecule has 5 heteroatoms. The second kappa shape index (κ2) is 2.92. The average molecular weight is 191 g/mol. The molecule has 3 nitrogen and oxygen atoms in total. The van der Waals surface area contributed by atoms with Crippen LogP contribution >= 0.6 is 11.3 Å². The molecule has 2 N–H and O–H groups in total. The van der Waals surface area contributed by atoms with Crippen LogP contribution in [0.3, 0.4) is 0 Å². The van der Waals surface area contributed by atoms with Gasteiger partial charge in [0.2, 0.25) is 10.0 Å². The first-order valence-electron chi connectivity index (χ1n) is 3.01. The van der Waals surface area contributed by atoms with Gasteiger partial charge in [0.15, 0.2) is 0 Å². The van der Waals surface area contributed by atoms with Gasteiger partial charge in [-0.3, -0.25) is 0 Å². The molecule has 0 aliphatic heterocycles. The molecule has 0 aliphatic rings. The van der Waals surface area contributed by atoms with E-state index in [1.165, 1.54) is 11.3 Å². The van der Waals surface area contributed by atoms with Crippen molar-refractivity contribution < 1.29 is 8.42 Å². The second-order valence-corrected chi connectivity index (χ2v) is 4.75. The van der Waals surface area contributed by atoms with E-state index in [2.05, 4.69) is 0 Å². The van der Waals surface area contributed by atoms with E-state index < -0.39 is 10.0 Å². The molecule has 0 fully saturated rings. The maximum absolute atomic E-state index is 10.6. The van der Waals surface area contributed by atoms with Gasteiger partial charge >= 0.3 is 0 Å². The number of aryl methyl sites for hydroxylation is 1. The Hall–Kier alpha value is -0.390. The number of nitrogens with two attached hydrogens (primary N) is 1. The van der Waals surface area contributed by atoms with E-state index in [0.29, 0.717) is 0 Å². The Morgan fingerprint density at radius 3 is 2.55 bits per heavy atom. The third kappa shape index (κ3) is 2.61. The number of hydrogen-bond donors (Lipinski definition) is 1. The van der Waals surface area contributed by atoms with Crippen LogP contribution in [0.2, 0.25) is 0 Å². The van der Waals surface area contributed by atoms with Gasteiger partial charge in [0.1, 0.15) is 0 Å². The summed E-state index contributed by atoms with van der Waals surface area (Å²) in [5.74, 6) is -0.0532. The first-order chi connectivity index (χ1) is 4.99. The molecule has 0 unspecified atom stereocenters. The van der Waals surface area contributed by atoms with Gasteiger partial charge in [0.25, 0.3) is 0 Å². The molecule has 0 radical (unpaired) electrons. The van der Waals surface area contributed by atoms with Crippen LogP contribution in [0.1, 0.15) is 11.1 Å². The number of sulfonamides is 1. The largest absolute Gasteiger partial charge is 0.228 e. The predicted molar refractivity (Wildman–Crippen MR) is 45.9 cm³/mol. The zero-order valence-corrected chi connectivity index (χ0v) is 7.71. The number of hydrogen-bond acceptors (Lipinski definition) is 3. The summed E-state index contributed by atoms with van der Waals surface area (Å²) < 4.78 is 21.3. The van der Waals surface area contributed by atoms with Gasteiger partial charge in [-0.2, -0.15) is 11.3 Å². The van der Waals surface area contributed by atoms with Crippen molar-refractivity contribution in [2.45, 2.75) is 12.7 Å². The second-order valence-electron chi connectivity index (χ2n) is 2.39. The predicted octanol–water partition coefficient (Wildman–Crippen LogP) is 0.845. The highest BCUT2D eigenvalue weighted by Crippen LogP contribution is 2.15. The zero-order chi connectivity index (χ0) is 8.48. The van der Waals surface area contributed by atoms with Crippen LogP contribution in [-0.2, 0) is 15.8 Å². The van der Waals surface area contributed by atoms with Crippen molar-refractivity contribution in [3.8, 4) is 0 Å². The molecule has 0 atom stereocenters. The lowest BCUT2D eigenvalue weighted by molar-refractivity contribution is 0.597. The van der Waals surface area contributed by atoms with Gasteiger partial charge in [0, 0.05) is 0 Å². The molecule has 1 aromatic rings. The van der Waals surface area contributed by atoms with Crippen LogP contribution in [0.15, 0.2) is 10.8 Å². The summed E-state index contributed by atoms with van der Waals surface area (Å²) in [6, 6.07) is 0. The van der Waals surface area contributed by atoms with E-state index in [0.717, 1.165) is 11.1 Å². The van der Waals surface area contributed by atoms with Crippen molar-refractivity contribution in [1.82, 2.24) is 0 Å². The summed E-state index contributed by atoms with van der Waals surface area (Å²) in [4.78, 5) is 0. The topological polar surface area (TPSA) is 60.2 Å². The first kappa shape index (κ1) is 8.70. The van der Waals surface area contributed by atoms with Crippen LogP contribution in [0.4, 0.5) is 0 Å². The fraction of sp³-hybridized carbons (Fsp3) is 0.333. The minimum atomic E-state index is -3.36. The Morgan fingerprint density at radius 2 is 2.18 bits per heavy atom. The minimum absolute atomic E-state index is 0.0532. The fourth-order valence-electron chi connectivity index (χ4n) is 0.751. The average Bonchev–Trinajstić information content (AvgIpc) is 2.12. The van der Waals surface area contributed by atoms with Crippen LogP contribution in [-0.4, -0.2) is 8.42 Å². The molecule has 11 heavy (non-hydrogen) atoms. The monoisotopic (exact) mass is 191 g/mol. The highest BCUT2D eigenvalue weighted by atomic mass is 32.2. The van der Waals surface area contributed by atoms with Gasteiger partial charge in [-0.25, -0.2) is 13.6 Å². The molecule has 1 rings (SSSR count). The molecular formula is C6H9NO2S2. The summed E-state index contributed by atoms with van der Waals surface area (Å²) in [7, 11) is -3.36. The lowest BCUT2D eigenvalue weighted by Gasteiger charge is -1.95.